The molecule has 4 unspecified atom stereocenters. The Morgan fingerprint density at radius 1 is 0.770 bits per heavy atom. The zero-order valence-electron chi connectivity index (χ0n) is 44.2. The summed E-state index contributed by atoms with van der Waals surface area (Å²) < 4.78 is 56.8. The van der Waals surface area contributed by atoms with E-state index in [1.165, 1.54) is 76.7 Å². The Balaban J connectivity index is 1.81. The Labute approximate surface area is 439 Å². The molecule has 1 aliphatic heterocycles. The smallest absolute Gasteiger partial charge is 0.462 e. The van der Waals surface area contributed by atoms with Gasteiger partial charge in [-0.1, -0.05) is 178 Å². The highest BCUT2D eigenvalue weighted by atomic mass is 31.3. The summed E-state index contributed by atoms with van der Waals surface area (Å²) in [4.78, 5) is 62.0. The van der Waals surface area contributed by atoms with Crippen molar-refractivity contribution in [2.45, 2.75) is 212 Å². The molecule has 2 heterocycles. The largest absolute Gasteiger partial charge is 0.481 e. The molecular formula is C53H89N3O16P2. The number of nitrogen functional groups attached to an aromatic ring is 1. The quantitative estimate of drug-likeness (QED) is 0.0117. The fourth-order valence-electron chi connectivity index (χ4n) is 7.70. The first-order valence-corrected chi connectivity index (χ1v) is 29.8. The number of aliphatic hydroxyl groups is 3. The second-order valence-corrected chi connectivity index (χ2v) is 21.8. The standard InChI is InChI=1S/C53H89N3O16P2/c1-4-6-34-44(57)35-30-26-22-18-14-11-12-15-19-23-27-31-36-48(58)67-40-45(70-49(59)37-32-28-24-20-16-10-8-7-9-13-17-21-25-29-33-43(3)5-2)41-68-73(63,64)72-74(65,66)69-42-46-50(60)51(61)52(71-46)56-39-38-47(54)55-53(56)62/h6,11-12,18-19,22-23,26,30,34,38-39,43-46,50-52,57,60-61H,4-5,7-10,13-17,20-21,24-25,27-29,31-33,35-37,40-42H2,1-3H3,(H,63,64)(H,65,66)(H2,54,55,62)/b12-11-,22-18-,23-19-,30-26+,34-6-/t43?,44?,45-,46-,50-,51-,52-/m1/s1. The average Bonchev–Trinajstić information content (AvgIpc) is 3.64. The van der Waals surface area contributed by atoms with Crippen molar-refractivity contribution in [2.24, 2.45) is 5.92 Å². The van der Waals surface area contributed by atoms with E-state index in [2.05, 4.69) is 23.1 Å². The van der Waals surface area contributed by atoms with Gasteiger partial charge in [-0.15, -0.1) is 0 Å². The summed E-state index contributed by atoms with van der Waals surface area (Å²) in [7, 11) is -10.9. The Kier molecular flexibility index (Phi) is 35.7. The van der Waals surface area contributed by atoms with E-state index >= 15 is 0 Å². The maximum atomic E-state index is 12.9. The molecule has 0 amide bonds. The SMILES string of the molecule is CC/C=C\C(O)C/C=C/C=C\C/C=C\C/C=C\CCCC(=O)OC[C@H](COP(=O)(O)OP(=O)(O)OC[C@H]1O[C@@H](n2ccc(N)nc2=O)[C@H](O)[C@@H]1O)OC(=O)CCCCCCCCCCCCCCCCC(C)CC. The number of aliphatic hydroxyl groups excluding tert-OH is 3. The van der Waals surface area contributed by atoms with Crippen LogP contribution in [0, 0.1) is 5.92 Å². The van der Waals surface area contributed by atoms with Crippen molar-refractivity contribution < 1.29 is 71.4 Å². The van der Waals surface area contributed by atoms with E-state index in [0.29, 0.717) is 32.1 Å². The van der Waals surface area contributed by atoms with Crippen LogP contribution in [0.4, 0.5) is 5.82 Å². The second-order valence-electron chi connectivity index (χ2n) is 18.8. The number of esters is 2. The summed E-state index contributed by atoms with van der Waals surface area (Å²) in [6.07, 6.45) is 35.0. The van der Waals surface area contributed by atoms with E-state index in [1.54, 1.807) is 6.08 Å². The predicted octanol–water partition coefficient (Wildman–Crippen LogP) is 10.3. The van der Waals surface area contributed by atoms with Gasteiger partial charge in [-0.2, -0.15) is 9.29 Å². The van der Waals surface area contributed by atoms with Crippen LogP contribution in [0.15, 0.2) is 77.8 Å². The van der Waals surface area contributed by atoms with E-state index in [1.807, 2.05) is 61.6 Å². The molecule has 422 valence electrons. The van der Waals surface area contributed by atoms with Gasteiger partial charge in [0.15, 0.2) is 12.3 Å². The lowest BCUT2D eigenvalue weighted by Crippen LogP contribution is -2.36. The Morgan fingerprint density at radius 2 is 1.35 bits per heavy atom. The number of aromatic nitrogens is 2. The molecular weight excluding hydrogens is 997 g/mol. The molecule has 1 saturated heterocycles. The maximum Gasteiger partial charge on any atom is 0.481 e. The average molecular weight is 1090 g/mol. The summed E-state index contributed by atoms with van der Waals surface area (Å²) in [5.41, 5.74) is 4.58. The van der Waals surface area contributed by atoms with Crippen molar-refractivity contribution in [3.8, 4) is 0 Å². The van der Waals surface area contributed by atoms with E-state index in [0.717, 1.165) is 55.2 Å². The Bertz CT molecular complexity index is 2010. The molecule has 0 spiro atoms. The molecule has 0 aromatic carbocycles. The summed E-state index contributed by atoms with van der Waals surface area (Å²) in [5, 5.41) is 30.7. The fraction of sp³-hybridized carbons (Fsp3) is 0.698. The van der Waals surface area contributed by atoms with E-state index < -0.39 is 89.8 Å². The number of rotatable bonds is 43. The normalized spacial score (nSPS) is 20.2. The number of allylic oxidation sites excluding steroid dienone is 8. The van der Waals surface area contributed by atoms with Gasteiger partial charge in [0.2, 0.25) is 0 Å². The minimum atomic E-state index is -5.45. The van der Waals surface area contributed by atoms with Gasteiger partial charge in [0.25, 0.3) is 0 Å². The zero-order valence-corrected chi connectivity index (χ0v) is 45.9. The molecule has 9 atom stereocenters. The highest BCUT2D eigenvalue weighted by molar-refractivity contribution is 7.61. The number of carbonyl (C=O) groups is 2. The van der Waals surface area contributed by atoms with Crippen molar-refractivity contribution in [3.63, 3.8) is 0 Å². The minimum Gasteiger partial charge on any atom is -0.462 e. The monoisotopic (exact) mass is 1090 g/mol. The van der Waals surface area contributed by atoms with Crippen LogP contribution in [-0.2, 0) is 46.3 Å². The maximum absolute atomic E-state index is 12.9. The van der Waals surface area contributed by atoms with Gasteiger partial charge in [0, 0.05) is 19.0 Å². The number of phosphoric acid groups is 2. The minimum absolute atomic E-state index is 0.0297. The van der Waals surface area contributed by atoms with Gasteiger partial charge in [0.1, 0.15) is 30.7 Å². The number of unbranched alkanes of at least 4 members (excludes halogenated alkanes) is 14. The molecule has 7 N–H and O–H groups in total. The van der Waals surface area contributed by atoms with Crippen LogP contribution in [0.1, 0.15) is 181 Å². The lowest BCUT2D eigenvalue weighted by molar-refractivity contribution is -0.161. The lowest BCUT2D eigenvalue weighted by atomic mass is 9.99. The Morgan fingerprint density at radius 3 is 1.99 bits per heavy atom. The summed E-state index contributed by atoms with van der Waals surface area (Å²) in [6, 6.07) is 1.24. The van der Waals surface area contributed by atoms with Crippen LogP contribution in [0.2, 0.25) is 0 Å². The van der Waals surface area contributed by atoms with Crippen LogP contribution in [0.3, 0.4) is 0 Å². The number of nitrogens with two attached hydrogens (primary N) is 1. The first-order chi connectivity index (χ1) is 35.5. The van der Waals surface area contributed by atoms with Crippen molar-refractivity contribution in [1.82, 2.24) is 9.55 Å². The third kappa shape index (κ3) is 32.1. The van der Waals surface area contributed by atoms with Crippen LogP contribution in [-0.4, -0.2) is 96.9 Å². The summed E-state index contributed by atoms with van der Waals surface area (Å²) in [6.45, 7) is 4.22. The Hall–Kier alpha value is -3.58. The molecule has 21 heteroatoms. The molecule has 1 aromatic rings. The molecule has 0 saturated carbocycles. The topological polar surface area (TPSA) is 286 Å². The molecule has 1 aliphatic rings. The molecule has 1 fully saturated rings. The zero-order chi connectivity index (χ0) is 54.5. The highest BCUT2D eigenvalue weighted by Gasteiger charge is 2.46. The fourth-order valence-corrected chi connectivity index (χ4v) is 9.81. The van der Waals surface area contributed by atoms with Gasteiger partial charge in [0.05, 0.1) is 19.3 Å². The number of phosphoric ester groups is 2. The van der Waals surface area contributed by atoms with Gasteiger partial charge in [-0.05, 0) is 56.9 Å². The summed E-state index contributed by atoms with van der Waals surface area (Å²) in [5.74, 6) is -0.554. The van der Waals surface area contributed by atoms with Crippen molar-refractivity contribution in [2.75, 3.05) is 25.6 Å². The molecule has 0 aliphatic carbocycles. The van der Waals surface area contributed by atoms with Crippen LogP contribution < -0.4 is 11.4 Å². The number of nitrogens with zero attached hydrogens (tertiary/aromatic N) is 2. The van der Waals surface area contributed by atoms with E-state index in [4.69, 9.17) is 29.0 Å². The van der Waals surface area contributed by atoms with Gasteiger partial charge in [-0.25, -0.2) is 13.9 Å². The number of anilines is 1. The number of hydrogen-bond donors (Lipinski definition) is 6. The third-order valence-electron chi connectivity index (χ3n) is 12.2. The summed E-state index contributed by atoms with van der Waals surface area (Å²) >= 11 is 0. The van der Waals surface area contributed by atoms with Crippen molar-refractivity contribution in [3.05, 3.63) is 83.5 Å². The molecule has 0 radical (unpaired) electrons. The van der Waals surface area contributed by atoms with Crippen LogP contribution in [0.25, 0.3) is 0 Å². The lowest BCUT2D eigenvalue weighted by Gasteiger charge is -2.21. The van der Waals surface area contributed by atoms with Crippen molar-refractivity contribution >= 4 is 33.4 Å². The van der Waals surface area contributed by atoms with Crippen molar-refractivity contribution in [1.29, 1.82) is 0 Å². The van der Waals surface area contributed by atoms with Crippen LogP contribution >= 0.6 is 15.6 Å². The number of ether oxygens (including phenoxy) is 3. The van der Waals surface area contributed by atoms with Gasteiger partial charge >= 0.3 is 33.3 Å². The molecule has 74 heavy (non-hydrogen) atoms. The number of carbonyl (C=O) groups excluding carboxylic acids is 2. The van der Waals surface area contributed by atoms with E-state index in [9.17, 15) is 48.6 Å². The number of hydrogen-bond acceptors (Lipinski definition) is 16. The highest BCUT2D eigenvalue weighted by Crippen LogP contribution is 2.60. The predicted molar refractivity (Wildman–Crippen MR) is 285 cm³/mol. The molecule has 1 aromatic heterocycles. The third-order valence-corrected chi connectivity index (χ3v) is 14.8. The van der Waals surface area contributed by atoms with Crippen LogP contribution in [0.5, 0.6) is 0 Å². The first kappa shape index (κ1) is 66.5. The second kappa shape index (κ2) is 39.7. The first-order valence-electron chi connectivity index (χ1n) is 26.8. The molecule has 0 bridgehead atoms. The van der Waals surface area contributed by atoms with Gasteiger partial charge in [-0.3, -0.25) is 23.2 Å². The molecule has 2 rings (SSSR count). The van der Waals surface area contributed by atoms with E-state index in [-0.39, 0.29) is 18.7 Å². The molecule has 19 nitrogen and oxygen atoms in total. The van der Waals surface area contributed by atoms with Gasteiger partial charge < -0.3 is 45.1 Å².